The first-order chi connectivity index (χ1) is 7.29. The molecule has 2 nitrogen and oxygen atoms in total. The summed E-state index contributed by atoms with van der Waals surface area (Å²) in [6.07, 6.45) is 6.12. The number of carbonyl (C=O) groups excluding carboxylic acids is 1. The van der Waals surface area contributed by atoms with E-state index in [0.29, 0.717) is 5.92 Å². The fourth-order valence-corrected chi connectivity index (χ4v) is 3.28. The van der Waals surface area contributed by atoms with Crippen LogP contribution in [-0.4, -0.2) is 5.91 Å². The van der Waals surface area contributed by atoms with Crippen LogP contribution in [0.1, 0.15) is 43.6 Å². The van der Waals surface area contributed by atoms with Gasteiger partial charge in [-0.25, -0.2) is 0 Å². The molecule has 1 aromatic heterocycles. The van der Waals surface area contributed by atoms with E-state index in [1.165, 1.54) is 19.3 Å². The molecule has 0 radical (unpaired) electrons. The van der Waals surface area contributed by atoms with Crippen molar-refractivity contribution in [1.82, 2.24) is 0 Å². The monoisotopic (exact) mass is 223 g/mol. The van der Waals surface area contributed by atoms with Crippen molar-refractivity contribution in [2.75, 3.05) is 0 Å². The number of rotatable bonds is 3. The highest BCUT2D eigenvalue weighted by atomic mass is 32.1. The molecule has 0 bridgehead atoms. The Bertz CT molecular complexity index is 314. The smallest absolute Gasteiger partial charge is 0.225 e. The normalized spacial score (nSPS) is 20.0. The first-order valence-electron chi connectivity index (χ1n) is 5.60. The van der Waals surface area contributed by atoms with Crippen LogP contribution in [0, 0.1) is 5.92 Å². The lowest BCUT2D eigenvalue weighted by atomic mass is 9.77. The van der Waals surface area contributed by atoms with Gasteiger partial charge >= 0.3 is 0 Å². The van der Waals surface area contributed by atoms with Crippen molar-refractivity contribution >= 4 is 17.2 Å². The van der Waals surface area contributed by atoms with E-state index in [0.717, 1.165) is 18.4 Å². The SMILES string of the molecule is NC(=O)C(c1ccsc1)C1CCCCC1. The van der Waals surface area contributed by atoms with Crippen molar-refractivity contribution < 1.29 is 4.79 Å². The van der Waals surface area contributed by atoms with Gasteiger partial charge in [-0.2, -0.15) is 11.3 Å². The quantitative estimate of drug-likeness (QED) is 0.841. The molecule has 1 unspecified atom stereocenters. The highest BCUT2D eigenvalue weighted by molar-refractivity contribution is 7.08. The predicted octanol–water partition coefficient (Wildman–Crippen LogP) is 2.90. The molecule has 1 amide bonds. The number of thiophene rings is 1. The van der Waals surface area contributed by atoms with Crippen molar-refractivity contribution in [3.05, 3.63) is 22.4 Å². The first-order valence-corrected chi connectivity index (χ1v) is 6.54. The van der Waals surface area contributed by atoms with Crippen LogP contribution in [0.25, 0.3) is 0 Å². The van der Waals surface area contributed by atoms with E-state index in [2.05, 4.69) is 5.38 Å². The predicted molar refractivity (Wildman–Crippen MR) is 62.8 cm³/mol. The van der Waals surface area contributed by atoms with Gasteiger partial charge in [0.1, 0.15) is 0 Å². The fourth-order valence-electron chi connectivity index (χ4n) is 2.59. The number of nitrogens with two attached hydrogens (primary N) is 1. The molecule has 1 aliphatic carbocycles. The van der Waals surface area contributed by atoms with Gasteiger partial charge < -0.3 is 5.73 Å². The van der Waals surface area contributed by atoms with Gasteiger partial charge in [-0.3, -0.25) is 4.79 Å². The summed E-state index contributed by atoms with van der Waals surface area (Å²) in [5, 5.41) is 4.08. The van der Waals surface area contributed by atoms with Crippen LogP contribution in [0.3, 0.4) is 0 Å². The van der Waals surface area contributed by atoms with E-state index in [1.54, 1.807) is 11.3 Å². The lowest BCUT2D eigenvalue weighted by molar-refractivity contribution is -0.120. The summed E-state index contributed by atoms with van der Waals surface area (Å²) < 4.78 is 0. The summed E-state index contributed by atoms with van der Waals surface area (Å²) >= 11 is 1.64. The molecule has 0 spiro atoms. The highest BCUT2D eigenvalue weighted by Crippen LogP contribution is 2.36. The van der Waals surface area contributed by atoms with Gasteiger partial charge in [-0.05, 0) is 41.1 Å². The third-order valence-electron chi connectivity index (χ3n) is 3.33. The zero-order valence-corrected chi connectivity index (χ0v) is 9.63. The van der Waals surface area contributed by atoms with E-state index in [-0.39, 0.29) is 11.8 Å². The van der Waals surface area contributed by atoms with Gasteiger partial charge in [0.25, 0.3) is 0 Å². The molecule has 1 aliphatic rings. The summed E-state index contributed by atoms with van der Waals surface area (Å²) in [6.45, 7) is 0. The van der Waals surface area contributed by atoms with Gasteiger partial charge in [-0.1, -0.05) is 19.3 Å². The third kappa shape index (κ3) is 2.40. The van der Waals surface area contributed by atoms with Crippen molar-refractivity contribution in [3.8, 4) is 0 Å². The van der Waals surface area contributed by atoms with Crippen molar-refractivity contribution in [2.24, 2.45) is 11.7 Å². The fraction of sp³-hybridized carbons (Fsp3) is 0.583. The topological polar surface area (TPSA) is 43.1 Å². The maximum absolute atomic E-state index is 11.5. The number of carbonyl (C=O) groups is 1. The summed E-state index contributed by atoms with van der Waals surface area (Å²) in [7, 11) is 0. The summed E-state index contributed by atoms with van der Waals surface area (Å²) in [6, 6.07) is 2.04. The molecule has 0 aromatic carbocycles. The largest absolute Gasteiger partial charge is 0.369 e. The molecule has 2 rings (SSSR count). The maximum atomic E-state index is 11.5. The average Bonchev–Trinajstić information content (AvgIpc) is 2.72. The van der Waals surface area contributed by atoms with E-state index in [9.17, 15) is 4.79 Å². The number of primary amides is 1. The Kier molecular flexibility index (Phi) is 3.41. The van der Waals surface area contributed by atoms with Crippen molar-refractivity contribution in [3.63, 3.8) is 0 Å². The Morgan fingerprint density at radius 3 is 2.67 bits per heavy atom. The van der Waals surface area contributed by atoms with Gasteiger partial charge in [-0.15, -0.1) is 0 Å². The summed E-state index contributed by atoms with van der Waals surface area (Å²) in [5.41, 5.74) is 6.65. The van der Waals surface area contributed by atoms with Crippen molar-refractivity contribution in [1.29, 1.82) is 0 Å². The molecule has 3 heteroatoms. The van der Waals surface area contributed by atoms with Crippen LogP contribution < -0.4 is 5.73 Å². The Labute approximate surface area is 94.5 Å². The second kappa shape index (κ2) is 4.79. The molecular formula is C12H17NOS. The third-order valence-corrected chi connectivity index (χ3v) is 4.03. The number of hydrogen-bond donors (Lipinski definition) is 1. The molecule has 82 valence electrons. The second-order valence-electron chi connectivity index (χ2n) is 4.33. The van der Waals surface area contributed by atoms with Crippen LogP contribution in [0.2, 0.25) is 0 Å². The minimum absolute atomic E-state index is 0.0449. The average molecular weight is 223 g/mol. The second-order valence-corrected chi connectivity index (χ2v) is 5.11. The Morgan fingerprint density at radius 1 is 1.40 bits per heavy atom. The molecule has 1 fully saturated rings. The molecule has 15 heavy (non-hydrogen) atoms. The lowest BCUT2D eigenvalue weighted by Gasteiger charge is -2.27. The van der Waals surface area contributed by atoms with Crippen LogP contribution in [0.4, 0.5) is 0 Å². The summed E-state index contributed by atoms with van der Waals surface area (Å²) in [5.74, 6) is 0.280. The van der Waals surface area contributed by atoms with Crippen molar-refractivity contribution in [2.45, 2.75) is 38.0 Å². The number of amides is 1. The van der Waals surface area contributed by atoms with Gasteiger partial charge in [0, 0.05) is 0 Å². The highest BCUT2D eigenvalue weighted by Gasteiger charge is 2.29. The van der Waals surface area contributed by atoms with Crippen LogP contribution in [0.5, 0.6) is 0 Å². The zero-order valence-electron chi connectivity index (χ0n) is 8.82. The summed E-state index contributed by atoms with van der Waals surface area (Å²) in [4.78, 5) is 11.5. The van der Waals surface area contributed by atoms with Crippen LogP contribution in [-0.2, 0) is 4.79 Å². The zero-order chi connectivity index (χ0) is 10.7. The molecule has 0 saturated heterocycles. The molecule has 1 atom stereocenters. The standard InChI is InChI=1S/C12H17NOS/c13-12(14)11(10-6-7-15-8-10)9-4-2-1-3-5-9/h6-9,11H,1-5H2,(H2,13,14). The molecular weight excluding hydrogens is 206 g/mol. The number of hydrogen-bond acceptors (Lipinski definition) is 2. The van der Waals surface area contributed by atoms with Gasteiger partial charge in [0.05, 0.1) is 5.92 Å². The van der Waals surface area contributed by atoms with Crippen LogP contribution >= 0.6 is 11.3 Å². The molecule has 1 aromatic rings. The van der Waals surface area contributed by atoms with Gasteiger partial charge in [0.2, 0.25) is 5.91 Å². The Hall–Kier alpha value is -0.830. The van der Waals surface area contributed by atoms with E-state index in [4.69, 9.17) is 5.73 Å². The molecule has 2 N–H and O–H groups in total. The molecule has 1 saturated carbocycles. The van der Waals surface area contributed by atoms with E-state index >= 15 is 0 Å². The minimum Gasteiger partial charge on any atom is -0.369 e. The maximum Gasteiger partial charge on any atom is 0.225 e. The molecule has 1 heterocycles. The minimum atomic E-state index is -0.152. The van der Waals surface area contributed by atoms with Gasteiger partial charge in [0.15, 0.2) is 0 Å². The first kappa shape index (κ1) is 10.7. The van der Waals surface area contributed by atoms with E-state index in [1.807, 2.05) is 11.4 Å². The molecule has 0 aliphatic heterocycles. The Morgan fingerprint density at radius 2 is 2.13 bits per heavy atom. The van der Waals surface area contributed by atoms with Crippen LogP contribution in [0.15, 0.2) is 16.8 Å². The van der Waals surface area contributed by atoms with E-state index < -0.39 is 0 Å². The lowest BCUT2D eigenvalue weighted by Crippen LogP contribution is -2.29. The Balaban J connectivity index is 2.15.